The van der Waals surface area contributed by atoms with Gasteiger partial charge in [0.2, 0.25) is 5.91 Å². The first-order valence-corrected chi connectivity index (χ1v) is 7.88. The molecule has 0 saturated heterocycles. The lowest BCUT2D eigenvalue weighted by atomic mass is 10.1. The van der Waals surface area contributed by atoms with Gasteiger partial charge in [-0.3, -0.25) is 9.59 Å². The molecule has 0 saturated carbocycles. The zero-order valence-corrected chi connectivity index (χ0v) is 14.9. The minimum Gasteiger partial charge on any atom is -0.493 e. The van der Waals surface area contributed by atoms with Crippen LogP contribution in [-0.2, 0) is 11.3 Å². The number of rotatable bonds is 6. The van der Waals surface area contributed by atoms with Crippen LogP contribution in [0.2, 0.25) is 5.02 Å². The first kappa shape index (κ1) is 18.6. The fourth-order valence-corrected chi connectivity index (χ4v) is 2.35. The Bertz CT molecular complexity index is 775. The minimum atomic E-state index is -0.305. The van der Waals surface area contributed by atoms with E-state index in [1.54, 1.807) is 36.4 Å². The fraction of sp³-hybridized carbons (Fsp3) is 0.222. The number of carbonyl (C=O) groups is 2. The van der Waals surface area contributed by atoms with Crippen molar-refractivity contribution in [3.05, 3.63) is 52.5 Å². The zero-order valence-electron chi connectivity index (χ0n) is 14.2. The van der Waals surface area contributed by atoms with Gasteiger partial charge in [0.15, 0.2) is 11.5 Å². The van der Waals surface area contributed by atoms with Crippen LogP contribution in [0.3, 0.4) is 0 Å². The van der Waals surface area contributed by atoms with Crippen molar-refractivity contribution in [3.8, 4) is 11.5 Å². The summed E-state index contributed by atoms with van der Waals surface area (Å²) in [6.45, 7) is 1.87. The molecule has 2 aromatic carbocycles. The minimum absolute atomic E-state index is 0.107. The number of halogens is 1. The Morgan fingerprint density at radius 2 is 1.64 bits per heavy atom. The summed E-state index contributed by atoms with van der Waals surface area (Å²) in [5.41, 5.74) is 1.79. The average molecular weight is 363 g/mol. The van der Waals surface area contributed by atoms with Crippen LogP contribution in [0.25, 0.3) is 0 Å². The number of nitrogens with one attached hydrogen (secondary N) is 2. The van der Waals surface area contributed by atoms with Crippen molar-refractivity contribution in [1.29, 1.82) is 0 Å². The highest BCUT2D eigenvalue weighted by atomic mass is 35.5. The van der Waals surface area contributed by atoms with Crippen LogP contribution in [0, 0.1) is 0 Å². The van der Waals surface area contributed by atoms with Crippen molar-refractivity contribution in [2.24, 2.45) is 0 Å². The number of hydrogen-bond donors (Lipinski definition) is 2. The average Bonchev–Trinajstić information content (AvgIpc) is 2.61. The molecule has 0 unspecified atom stereocenters. The number of amides is 2. The molecule has 0 radical (unpaired) electrons. The maximum absolute atomic E-state index is 12.4. The number of ether oxygens (including phenoxy) is 2. The van der Waals surface area contributed by atoms with Gasteiger partial charge in [-0.1, -0.05) is 23.7 Å². The van der Waals surface area contributed by atoms with Crippen molar-refractivity contribution < 1.29 is 19.1 Å². The molecule has 0 bridgehead atoms. The third-order valence-corrected chi connectivity index (χ3v) is 3.79. The Morgan fingerprint density at radius 1 is 1.04 bits per heavy atom. The Hall–Kier alpha value is -2.73. The van der Waals surface area contributed by atoms with E-state index in [0.29, 0.717) is 34.3 Å². The predicted molar refractivity (Wildman–Crippen MR) is 96.5 cm³/mol. The summed E-state index contributed by atoms with van der Waals surface area (Å²) in [7, 11) is 3.01. The Morgan fingerprint density at radius 3 is 2.20 bits per heavy atom. The van der Waals surface area contributed by atoms with Crippen LogP contribution in [0.4, 0.5) is 5.69 Å². The van der Waals surface area contributed by atoms with Crippen molar-refractivity contribution in [1.82, 2.24) is 5.32 Å². The summed E-state index contributed by atoms with van der Waals surface area (Å²) < 4.78 is 10.4. The van der Waals surface area contributed by atoms with E-state index in [1.807, 2.05) is 0 Å². The summed E-state index contributed by atoms with van der Waals surface area (Å²) >= 11 is 6.17. The van der Waals surface area contributed by atoms with Gasteiger partial charge < -0.3 is 20.1 Å². The summed E-state index contributed by atoms with van der Waals surface area (Å²) in [4.78, 5) is 23.3. The molecule has 2 amide bonds. The van der Waals surface area contributed by atoms with Gasteiger partial charge in [-0.25, -0.2) is 0 Å². The molecule has 0 atom stereocenters. The van der Waals surface area contributed by atoms with E-state index < -0.39 is 0 Å². The first-order chi connectivity index (χ1) is 11.9. The van der Waals surface area contributed by atoms with Gasteiger partial charge in [-0.15, -0.1) is 0 Å². The summed E-state index contributed by atoms with van der Waals surface area (Å²) in [5.74, 6) is 0.533. The fourth-order valence-electron chi connectivity index (χ4n) is 2.14. The van der Waals surface area contributed by atoms with Crippen LogP contribution in [0.15, 0.2) is 36.4 Å². The second-order valence-electron chi connectivity index (χ2n) is 5.25. The first-order valence-electron chi connectivity index (χ1n) is 7.51. The standard InChI is InChI=1S/C18H19ClN2O4/c1-11(22)20-10-12-4-6-13(7-5-12)18(23)21-15-9-17(25-3)16(24-2)8-14(15)19/h4-9H,10H2,1-3H3,(H,20,22)(H,21,23). The number of benzene rings is 2. The van der Waals surface area contributed by atoms with E-state index in [-0.39, 0.29) is 11.8 Å². The molecule has 132 valence electrons. The van der Waals surface area contributed by atoms with Gasteiger partial charge in [0.1, 0.15) is 0 Å². The molecule has 7 heteroatoms. The van der Waals surface area contributed by atoms with Gasteiger partial charge in [-0.2, -0.15) is 0 Å². The quantitative estimate of drug-likeness (QED) is 0.827. The molecular formula is C18H19ClN2O4. The molecule has 0 fully saturated rings. The van der Waals surface area contributed by atoms with Gasteiger partial charge in [0.05, 0.1) is 24.9 Å². The van der Waals surface area contributed by atoms with E-state index in [2.05, 4.69) is 10.6 Å². The molecule has 0 aliphatic rings. The predicted octanol–water partition coefficient (Wildman–Crippen LogP) is 3.25. The number of methoxy groups -OCH3 is 2. The van der Waals surface area contributed by atoms with Gasteiger partial charge >= 0.3 is 0 Å². The lowest BCUT2D eigenvalue weighted by Crippen LogP contribution is -2.19. The number of hydrogen-bond acceptors (Lipinski definition) is 4. The van der Waals surface area contributed by atoms with E-state index >= 15 is 0 Å². The summed E-state index contributed by atoms with van der Waals surface area (Å²) in [6, 6.07) is 10.1. The number of carbonyl (C=O) groups excluding carboxylic acids is 2. The van der Waals surface area contributed by atoms with E-state index in [1.165, 1.54) is 21.1 Å². The van der Waals surface area contributed by atoms with Gasteiger partial charge in [-0.05, 0) is 17.7 Å². The highest BCUT2D eigenvalue weighted by Crippen LogP contribution is 2.36. The summed E-state index contributed by atoms with van der Waals surface area (Å²) in [6.07, 6.45) is 0. The van der Waals surface area contributed by atoms with Crippen molar-refractivity contribution in [3.63, 3.8) is 0 Å². The highest BCUT2D eigenvalue weighted by Gasteiger charge is 2.13. The van der Waals surface area contributed by atoms with Crippen LogP contribution >= 0.6 is 11.6 Å². The Kier molecular flexibility index (Phi) is 6.25. The topological polar surface area (TPSA) is 76.7 Å². The molecule has 2 rings (SSSR count). The maximum atomic E-state index is 12.4. The molecule has 2 aromatic rings. The van der Waals surface area contributed by atoms with Gasteiger partial charge in [0.25, 0.3) is 5.91 Å². The molecule has 0 spiro atoms. The molecule has 2 N–H and O–H groups in total. The van der Waals surface area contributed by atoms with E-state index in [0.717, 1.165) is 5.56 Å². The molecule has 0 heterocycles. The third-order valence-electron chi connectivity index (χ3n) is 3.48. The Labute approximate surface area is 151 Å². The van der Waals surface area contributed by atoms with Crippen LogP contribution < -0.4 is 20.1 Å². The van der Waals surface area contributed by atoms with Crippen LogP contribution in [0.5, 0.6) is 11.5 Å². The van der Waals surface area contributed by atoms with Crippen molar-refractivity contribution >= 4 is 29.1 Å². The van der Waals surface area contributed by atoms with Crippen molar-refractivity contribution in [2.45, 2.75) is 13.5 Å². The highest BCUT2D eigenvalue weighted by molar-refractivity contribution is 6.34. The largest absolute Gasteiger partial charge is 0.493 e. The normalized spacial score (nSPS) is 10.1. The molecule has 0 aromatic heterocycles. The molecular weight excluding hydrogens is 344 g/mol. The Balaban J connectivity index is 2.12. The second kappa shape index (κ2) is 8.39. The van der Waals surface area contributed by atoms with Gasteiger partial charge in [0, 0.05) is 31.2 Å². The molecule has 0 aliphatic heterocycles. The zero-order chi connectivity index (χ0) is 18.4. The third kappa shape index (κ3) is 4.87. The monoisotopic (exact) mass is 362 g/mol. The molecule has 0 aliphatic carbocycles. The van der Waals surface area contributed by atoms with Crippen molar-refractivity contribution in [2.75, 3.05) is 19.5 Å². The van der Waals surface area contributed by atoms with Crippen LogP contribution in [-0.4, -0.2) is 26.0 Å². The summed E-state index contributed by atoms with van der Waals surface area (Å²) in [5, 5.41) is 5.79. The van der Waals surface area contributed by atoms with E-state index in [4.69, 9.17) is 21.1 Å². The molecule has 6 nitrogen and oxygen atoms in total. The maximum Gasteiger partial charge on any atom is 0.255 e. The number of anilines is 1. The smallest absolute Gasteiger partial charge is 0.255 e. The van der Waals surface area contributed by atoms with E-state index in [9.17, 15) is 9.59 Å². The van der Waals surface area contributed by atoms with Crippen LogP contribution in [0.1, 0.15) is 22.8 Å². The SMILES string of the molecule is COc1cc(Cl)c(NC(=O)c2ccc(CNC(C)=O)cc2)cc1OC. The lowest BCUT2D eigenvalue weighted by Gasteiger charge is -2.13. The lowest BCUT2D eigenvalue weighted by molar-refractivity contribution is -0.119. The second-order valence-corrected chi connectivity index (χ2v) is 5.66. The molecule has 25 heavy (non-hydrogen) atoms.